The molecular formula is C16H32IN5O. The van der Waals surface area contributed by atoms with Gasteiger partial charge in [-0.15, -0.1) is 24.0 Å². The summed E-state index contributed by atoms with van der Waals surface area (Å²) in [6.07, 6.45) is 5.06. The number of carbonyl (C=O) groups excluding carboxylic acids is 1. The van der Waals surface area contributed by atoms with Crippen molar-refractivity contribution in [2.75, 3.05) is 33.7 Å². The van der Waals surface area contributed by atoms with Gasteiger partial charge in [0.1, 0.15) is 6.54 Å². The maximum Gasteiger partial charge on any atom is 0.243 e. The van der Waals surface area contributed by atoms with E-state index in [-0.39, 0.29) is 36.4 Å². The molecule has 7 heteroatoms. The molecule has 0 atom stereocenters. The lowest BCUT2D eigenvalue weighted by Crippen LogP contribution is -2.50. The number of rotatable bonds is 5. The van der Waals surface area contributed by atoms with E-state index in [0.717, 1.165) is 24.8 Å². The molecule has 6 nitrogen and oxygen atoms in total. The fraction of sp³-hybridized carbons (Fsp3) is 0.875. The molecule has 1 aliphatic heterocycles. The Morgan fingerprint density at radius 1 is 1.22 bits per heavy atom. The van der Waals surface area contributed by atoms with Crippen LogP contribution in [0.1, 0.15) is 39.5 Å². The van der Waals surface area contributed by atoms with Crippen molar-refractivity contribution < 1.29 is 4.79 Å². The van der Waals surface area contributed by atoms with Gasteiger partial charge in [-0.25, -0.2) is 4.99 Å². The number of aliphatic imine (C=N–C) groups is 1. The van der Waals surface area contributed by atoms with Gasteiger partial charge in [0.2, 0.25) is 5.91 Å². The molecule has 1 heterocycles. The average Bonchev–Trinajstić information content (AvgIpc) is 3.29. The number of likely N-dealkylation sites (N-methyl/N-ethyl adjacent to an activating group) is 1. The Morgan fingerprint density at radius 2 is 1.83 bits per heavy atom. The van der Waals surface area contributed by atoms with E-state index in [9.17, 15) is 4.79 Å². The van der Waals surface area contributed by atoms with Crippen molar-refractivity contribution >= 4 is 35.8 Å². The second-order valence-corrected chi connectivity index (χ2v) is 6.94. The summed E-state index contributed by atoms with van der Waals surface area (Å²) in [5.74, 6) is 0.781. The number of nitrogens with zero attached hydrogens (tertiary/aromatic N) is 3. The van der Waals surface area contributed by atoms with Gasteiger partial charge < -0.3 is 20.4 Å². The number of guanidine groups is 1. The number of nitrogens with one attached hydrogen (secondary N) is 2. The highest BCUT2D eigenvalue weighted by molar-refractivity contribution is 14.0. The summed E-state index contributed by atoms with van der Waals surface area (Å²) in [5.41, 5.74) is 0. The lowest BCUT2D eigenvalue weighted by molar-refractivity contribution is -0.127. The van der Waals surface area contributed by atoms with Crippen molar-refractivity contribution in [3.63, 3.8) is 0 Å². The first-order valence-corrected chi connectivity index (χ1v) is 8.47. The summed E-state index contributed by atoms with van der Waals surface area (Å²) in [4.78, 5) is 20.3. The molecule has 134 valence electrons. The van der Waals surface area contributed by atoms with Gasteiger partial charge in [-0.1, -0.05) is 0 Å². The average molecular weight is 437 g/mol. The Morgan fingerprint density at radius 3 is 2.30 bits per heavy atom. The lowest BCUT2D eigenvalue weighted by atomic mass is 10.1. The number of hydrogen-bond donors (Lipinski definition) is 2. The molecule has 23 heavy (non-hydrogen) atoms. The molecule has 2 aliphatic rings. The summed E-state index contributed by atoms with van der Waals surface area (Å²) in [5, 5.41) is 6.83. The largest absolute Gasteiger partial charge is 0.354 e. The molecule has 0 bridgehead atoms. The van der Waals surface area contributed by atoms with Gasteiger partial charge in [-0.3, -0.25) is 4.79 Å². The Labute approximate surface area is 157 Å². The molecule has 0 unspecified atom stereocenters. The highest BCUT2D eigenvalue weighted by Crippen LogP contribution is 2.29. The number of halogens is 1. The van der Waals surface area contributed by atoms with Crippen LogP contribution in [0, 0.1) is 0 Å². The topological polar surface area (TPSA) is 60.0 Å². The third kappa shape index (κ3) is 7.24. The van der Waals surface area contributed by atoms with Crippen molar-refractivity contribution in [3.8, 4) is 0 Å². The molecular weight excluding hydrogens is 405 g/mol. The van der Waals surface area contributed by atoms with E-state index in [0.29, 0.717) is 12.1 Å². The highest BCUT2D eigenvalue weighted by Gasteiger charge is 2.31. The molecule has 1 saturated heterocycles. The Kier molecular flexibility index (Phi) is 8.60. The number of likely N-dealkylation sites (tertiary alicyclic amines) is 1. The minimum absolute atomic E-state index is 0. The van der Waals surface area contributed by atoms with E-state index >= 15 is 0 Å². The smallest absolute Gasteiger partial charge is 0.243 e. The van der Waals surface area contributed by atoms with Gasteiger partial charge in [-0.05, 0) is 39.5 Å². The van der Waals surface area contributed by atoms with E-state index in [1.54, 1.807) is 19.0 Å². The number of carbonyl (C=O) groups is 1. The molecule has 0 aromatic carbocycles. The number of piperidine rings is 1. The molecule has 0 aromatic rings. The van der Waals surface area contributed by atoms with Crippen LogP contribution in [0.25, 0.3) is 0 Å². The van der Waals surface area contributed by atoms with Gasteiger partial charge in [0, 0.05) is 45.3 Å². The van der Waals surface area contributed by atoms with Crippen molar-refractivity contribution in [1.29, 1.82) is 0 Å². The second kappa shape index (κ2) is 9.66. The molecule has 1 saturated carbocycles. The summed E-state index contributed by atoms with van der Waals surface area (Å²) in [6.45, 7) is 6.71. The quantitative estimate of drug-likeness (QED) is 0.387. The van der Waals surface area contributed by atoms with Crippen LogP contribution >= 0.6 is 24.0 Å². The third-order valence-corrected chi connectivity index (χ3v) is 4.23. The Hall–Kier alpha value is -0.570. The first-order chi connectivity index (χ1) is 10.5. The van der Waals surface area contributed by atoms with E-state index in [1.807, 2.05) is 0 Å². The molecule has 0 radical (unpaired) electrons. The van der Waals surface area contributed by atoms with Crippen LogP contribution in [-0.4, -0.2) is 73.5 Å². The zero-order chi connectivity index (χ0) is 16.1. The summed E-state index contributed by atoms with van der Waals surface area (Å²) < 4.78 is 0. The van der Waals surface area contributed by atoms with Crippen LogP contribution in [-0.2, 0) is 4.79 Å². The maximum atomic E-state index is 11.7. The summed E-state index contributed by atoms with van der Waals surface area (Å²) >= 11 is 0. The molecule has 1 amide bonds. The Bertz CT molecular complexity index is 401. The number of amides is 1. The number of hydrogen-bond acceptors (Lipinski definition) is 3. The molecule has 2 N–H and O–H groups in total. The molecule has 1 aliphatic carbocycles. The van der Waals surface area contributed by atoms with Crippen LogP contribution in [0.4, 0.5) is 0 Å². The first-order valence-electron chi connectivity index (χ1n) is 8.47. The van der Waals surface area contributed by atoms with E-state index in [2.05, 4.69) is 34.4 Å². The first kappa shape index (κ1) is 20.5. The minimum atomic E-state index is 0. The monoisotopic (exact) mass is 437 g/mol. The van der Waals surface area contributed by atoms with Crippen LogP contribution < -0.4 is 10.6 Å². The van der Waals surface area contributed by atoms with Gasteiger partial charge in [0.05, 0.1) is 0 Å². The van der Waals surface area contributed by atoms with Crippen LogP contribution in [0.2, 0.25) is 0 Å². The second-order valence-electron chi connectivity index (χ2n) is 6.94. The molecule has 0 aromatic heterocycles. The van der Waals surface area contributed by atoms with Crippen molar-refractivity contribution in [2.24, 2.45) is 4.99 Å². The van der Waals surface area contributed by atoms with Crippen LogP contribution in [0.3, 0.4) is 0 Å². The zero-order valence-electron chi connectivity index (χ0n) is 14.8. The van der Waals surface area contributed by atoms with Crippen LogP contribution in [0.5, 0.6) is 0 Å². The van der Waals surface area contributed by atoms with Crippen molar-refractivity contribution in [2.45, 2.75) is 57.7 Å². The maximum absolute atomic E-state index is 11.7. The van der Waals surface area contributed by atoms with Crippen LogP contribution in [0.15, 0.2) is 4.99 Å². The summed E-state index contributed by atoms with van der Waals surface area (Å²) in [6, 6.07) is 1.61. The SMILES string of the molecule is CC(C)NC(=NCC(=O)N(C)C)NC1CCN(C2CC2)CC1.I. The standard InChI is InChI=1S/C16H31N5O.HI/c1-12(2)18-16(17-11-15(22)20(3)4)19-13-7-9-21(10-8-13)14-5-6-14;/h12-14H,5-11H2,1-4H3,(H2,17,18,19);1H. The molecule has 0 spiro atoms. The third-order valence-electron chi connectivity index (χ3n) is 4.23. The fourth-order valence-corrected chi connectivity index (χ4v) is 2.74. The van der Waals surface area contributed by atoms with Crippen molar-refractivity contribution in [3.05, 3.63) is 0 Å². The minimum Gasteiger partial charge on any atom is -0.354 e. The van der Waals surface area contributed by atoms with Gasteiger partial charge in [0.25, 0.3) is 0 Å². The van der Waals surface area contributed by atoms with Gasteiger partial charge in [0.15, 0.2) is 5.96 Å². The van der Waals surface area contributed by atoms with E-state index < -0.39 is 0 Å². The van der Waals surface area contributed by atoms with E-state index in [4.69, 9.17) is 0 Å². The normalized spacial score (nSPS) is 20.1. The molecule has 2 rings (SSSR count). The highest BCUT2D eigenvalue weighted by atomic mass is 127. The van der Waals surface area contributed by atoms with Gasteiger partial charge in [-0.2, -0.15) is 0 Å². The Balaban J connectivity index is 0.00000264. The zero-order valence-corrected chi connectivity index (χ0v) is 17.2. The molecule has 2 fully saturated rings. The predicted octanol–water partition coefficient (Wildman–Crippen LogP) is 1.26. The lowest BCUT2D eigenvalue weighted by Gasteiger charge is -2.33. The predicted molar refractivity (Wildman–Crippen MR) is 105 cm³/mol. The fourth-order valence-electron chi connectivity index (χ4n) is 2.74. The van der Waals surface area contributed by atoms with E-state index in [1.165, 1.54) is 25.9 Å². The van der Waals surface area contributed by atoms with Crippen molar-refractivity contribution in [1.82, 2.24) is 20.4 Å². The van der Waals surface area contributed by atoms with Gasteiger partial charge >= 0.3 is 0 Å². The summed E-state index contributed by atoms with van der Waals surface area (Å²) in [7, 11) is 3.52.